The average Bonchev–Trinajstić information content (AvgIpc) is 2.83. The Labute approximate surface area is 115 Å². The summed E-state index contributed by atoms with van der Waals surface area (Å²) in [6.07, 6.45) is 2.63. The molecule has 0 spiro atoms. The molecule has 0 bridgehead atoms. The molecule has 5 nitrogen and oxygen atoms in total. The van der Waals surface area contributed by atoms with Crippen LogP contribution in [0, 0.1) is 11.8 Å². The van der Waals surface area contributed by atoms with Gasteiger partial charge in [-0.15, -0.1) is 0 Å². The molecule has 2 aliphatic heterocycles. The van der Waals surface area contributed by atoms with Gasteiger partial charge >= 0.3 is 0 Å². The molecule has 2 aliphatic rings. The molecule has 19 heavy (non-hydrogen) atoms. The SMILES string of the molecule is CC(C)N(CC1CCNCC1)C(=O)C1CNC(=O)C1. The minimum absolute atomic E-state index is 0.00363. The molecule has 2 saturated heterocycles. The maximum absolute atomic E-state index is 12.5. The molecule has 2 heterocycles. The van der Waals surface area contributed by atoms with Gasteiger partial charge in [-0.25, -0.2) is 0 Å². The van der Waals surface area contributed by atoms with Gasteiger partial charge in [0.15, 0.2) is 0 Å². The van der Waals surface area contributed by atoms with E-state index in [0.29, 0.717) is 18.9 Å². The third-order valence-electron chi connectivity index (χ3n) is 4.15. The van der Waals surface area contributed by atoms with Crippen LogP contribution in [0.2, 0.25) is 0 Å². The molecule has 0 radical (unpaired) electrons. The van der Waals surface area contributed by atoms with Crippen LogP contribution in [0.4, 0.5) is 0 Å². The highest BCUT2D eigenvalue weighted by atomic mass is 16.2. The van der Waals surface area contributed by atoms with Crippen LogP contribution in [-0.4, -0.2) is 48.9 Å². The fraction of sp³-hybridized carbons (Fsp3) is 0.857. The van der Waals surface area contributed by atoms with Crippen molar-refractivity contribution < 1.29 is 9.59 Å². The van der Waals surface area contributed by atoms with Crippen molar-refractivity contribution in [3.8, 4) is 0 Å². The lowest BCUT2D eigenvalue weighted by molar-refractivity contribution is -0.138. The Morgan fingerprint density at radius 3 is 2.58 bits per heavy atom. The van der Waals surface area contributed by atoms with Crippen LogP contribution < -0.4 is 10.6 Å². The van der Waals surface area contributed by atoms with Gasteiger partial charge in [-0.3, -0.25) is 9.59 Å². The highest BCUT2D eigenvalue weighted by molar-refractivity contribution is 5.89. The maximum atomic E-state index is 12.5. The molecule has 0 aliphatic carbocycles. The molecule has 108 valence electrons. The Hall–Kier alpha value is -1.10. The van der Waals surface area contributed by atoms with Gasteiger partial charge < -0.3 is 15.5 Å². The van der Waals surface area contributed by atoms with E-state index < -0.39 is 0 Å². The number of nitrogens with zero attached hydrogens (tertiary/aromatic N) is 1. The Bertz CT molecular complexity index is 338. The highest BCUT2D eigenvalue weighted by Gasteiger charge is 2.33. The lowest BCUT2D eigenvalue weighted by Crippen LogP contribution is -2.45. The van der Waals surface area contributed by atoms with Gasteiger partial charge in [0.05, 0.1) is 5.92 Å². The van der Waals surface area contributed by atoms with Crippen molar-refractivity contribution in [2.75, 3.05) is 26.2 Å². The van der Waals surface area contributed by atoms with Crippen LogP contribution in [0.15, 0.2) is 0 Å². The fourth-order valence-electron chi connectivity index (χ4n) is 2.91. The number of carbonyl (C=O) groups is 2. The van der Waals surface area contributed by atoms with Crippen LogP contribution >= 0.6 is 0 Å². The Balaban J connectivity index is 1.94. The Kier molecular flexibility index (Phi) is 4.80. The predicted molar refractivity (Wildman–Crippen MR) is 73.6 cm³/mol. The lowest BCUT2D eigenvalue weighted by atomic mass is 9.96. The fourth-order valence-corrected chi connectivity index (χ4v) is 2.91. The molecule has 2 amide bonds. The van der Waals surface area contributed by atoms with Gasteiger partial charge in [0.25, 0.3) is 0 Å². The molecule has 0 aromatic heterocycles. The lowest BCUT2D eigenvalue weighted by Gasteiger charge is -2.34. The number of rotatable bonds is 4. The smallest absolute Gasteiger partial charge is 0.228 e. The Morgan fingerprint density at radius 1 is 1.37 bits per heavy atom. The zero-order chi connectivity index (χ0) is 13.8. The number of hydrogen-bond acceptors (Lipinski definition) is 3. The molecule has 1 unspecified atom stereocenters. The summed E-state index contributed by atoms with van der Waals surface area (Å²) in [4.78, 5) is 25.7. The van der Waals surface area contributed by atoms with Gasteiger partial charge in [-0.1, -0.05) is 0 Å². The molecular weight excluding hydrogens is 242 g/mol. The summed E-state index contributed by atoms with van der Waals surface area (Å²) in [5.41, 5.74) is 0. The molecule has 2 rings (SSSR count). The van der Waals surface area contributed by atoms with Gasteiger partial charge in [0.1, 0.15) is 0 Å². The number of hydrogen-bond donors (Lipinski definition) is 2. The van der Waals surface area contributed by atoms with Crippen molar-refractivity contribution in [3.63, 3.8) is 0 Å². The average molecular weight is 267 g/mol. The maximum Gasteiger partial charge on any atom is 0.228 e. The van der Waals surface area contributed by atoms with E-state index >= 15 is 0 Å². The van der Waals surface area contributed by atoms with Crippen LogP contribution in [-0.2, 0) is 9.59 Å². The van der Waals surface area contributed by atoms with Crippen LogP contribution in [0.3, 0.4) is 0 Å². The second kappa shape index (κ2) is 6.37. The third-order valence-corrected chi connectivity index (χ3v) is 4.15. The van der Waals surface area contributed by atoms with E-state index in [0.717, 1.165) is 32.5 Å². The summed E-state index contributed by atoms with van der Waals surface area (Å²) >= 11 is 0. The van der Waals surface area contributed by atoms with Gasteiger partial charge in [-0.2, -0.15) is 0 Å². The normalized spacial score (nSPS) is 24.6. The summed E-state index contributed by atoms with van der Waals surface area (Å²) in [6, 6.07) is 0.207. The zero-order valence-corrected chi connectivity index (χ0v) is 11.9. The number of piperidine rings is 1. The van der Waals surface area contributed by atoms with Crippen molar-refractivity contribution in [3.05, 3.63) is 0 Å². The summed E-state index contributed by atoms with van der Waals surface area (Å²) in [7, 11) is 0. The van der Waals surface area contributed by atoms with E-state index in [1.54, 1.807) is 0 Å². The second-order valence-corrected chi connectivity index (χ2v) is 5.98. The standard InChI is InChI=1S/C14H25N3O2/c1-10(2)17(9-11-3-5-15-6-4-11)14(19)12-7-13(18)16-8-12/h10-12,15H,3-9H2,1-2H3,(H,16,18). The van der Waals surface area contributed by atoms with Crippen molar-refractivity contribution >= 4 is 11.8 Å². The predicted octanol–water partition coefficient (Wildman–Crippen LogP) is 0.359. The van der Waals surface area contributed by atoms with Gasteiger partial charge in [-0.05, 0) is 45.7 Å². The number of amides is 2. The summed E-state index contributed by atoms with van der Waals surface area (Å²) in [5.74, 6) is 0.588. The summed E-state index contributed by atoms with van der Waals surface area (Å²) in [5, 5.41) is 6.10. The van der Waals surface area contributed by atoms with E-state index in [4.69, 9.17) is 0 Å². The van der Waals surface area contributed by atoms with E-state index in [2.05, 4.69) is 24.5 Å². The third kappa shape index (κ3) is 3.69. The molecule has 1 atom stereocenters. The molecule has 0 aromatic carbocycles. The first-order valence-electron chi connectivity index (χ1n) is 7.36. The van der Waals surface area contributed by atoms with Crippen molar-refractivity contribution in [1.29, 1.82) is 0 Å². The molecule has 0 saturated carbocycles. The van der Waals surface area contributed by atoms with Crippen molar-refractivity contribution in [1.82, 2.24) is 15.5 Å². The zero-order valence-electron chi connectivity index (χ0n) is 11.9. The van der Waals surface area contributed by atoms with Gasteiger partial charge in [0.2, 0.25) is 11.8 Å². The second-order valence-electron chi connectivity index (χ2n) is 5.98. The minimum atomic E-state index is -0.156. The minimum Gasteiger partial charge on any atom is -0.355 e. The molecule has 2 N–H and O–H groups in total. The van der Waals surface area contributed by atoms with E-state index in [9.17, 15) is 9.59 Å². The first-order valence-corrected chi connectivity index (χ1v) is 7.36. The molecular formula is C14H25N3O2. The summed E-state index contributed by atoms with van der Waals surface area (Å²) in [6.45, 7) is 7.56. The largest absolute Gasteiger partial charge is 0.355 e. The van der Waals surface area contributed by atoms with E-state index in [-0.39, 0.29) is 23.8 Å². The number of carbonyl (C=O) groups excluding carboxylic acids is 2. The van der Waals surface area contributed by atoms with E-state index in [1.165, 1.54) is 0 Å². The molecule has 5 heteroatoms. The molecule has 2 fully saturated rings. The monoisotopic (exact) mass is 267 g/mol. The van der Waals surface area contributed by atoms with Crippen molar-refractivity contribution in [2.24, 2.45) is 11.8 Å². The van der Waals surface area contributed by atoms with E-state index in [1.807, 2.05) is 4.90 Å². The van der Waals surface area contributed by atoms with Crippen LogP contribution in [0.1, 0.15) is 33.1 Å². The quantitative estimate of drug-likeness (QED) is 0.773. The van der Waals surface area contributed by atoms with Gasteiger partial charge in [0, 0.05) is 25.6 Å². The molecule has 0 aromatic rings. The first-order chi connectivity index (χ1) is 9.08. The number of nitrogens with one attached hydrogen (secondary N) is 2. The van der Waals surface area contributed by atoms with Crippen LogP contribution in [0.5, 0.6) is 0 Å². The first kappa shape index (κ1) is 14.3. The van der Waals surface area contributed by atoms with Crippen molar-refractivity contribution in [2.45, 2.75) is 39.2 Å². The van der Waals surface area contributed by atoms with Crippen LogP contribution in [0.25, 0.3) is 0 Å². The highest BCUT2D eigenvalue weighted by Crippen LogP contribution is 2.19. The Morgan fingerprint density at radius 2 is 2.05 bits per heavy atom. The summed E-state index contributed by atoms with van der Waals surface area (Å²) < 4.78 is 0. The topological polar surface area (TPSA) is 61.4 Å².